The molecule has 1 amide bonds. The first-order valence-electron chi connectivity index (χ1n) is 14.4. The summed E-state index contributed by atoms with van der Waals surface area (Å²) in [5, 5.41) is 20.8. The van der Waals surface area contributed by atoms with Gasteiger partial charge < -0.3 is 44.7 Å². The Morgan fingerprint density at radius 1 is 1.11 bits per heavy atom. The van der Waals surface area contributed by atoms with E-state index >= 15 is 8.78 Å². The summed E-state index contributed by atoms with van der Waals surface area (Å²) in [5.74, 6) is -2.89. The molecule has 1 atom stereocenters. The van der Waals surface area contributed by atoms with Crippen LogP contribution >= 0.6 is 0 Å². The van der Waals surface area contributed by atoms with E-state index in [1.54, 1.807) is 13.1 Å². The van der Waals surface area contributed by atoms with Gasteiger partial charge in [-0.05, 0) is 36.9 Å². The Balaban J connectivity index is 1.49. The van der Waals surface area contributed by atoms with Crippen LogP contribution in [-0.4, -0.2) is 74.9 Å². The van der Waals surface area contributed by atoms with Crippen LogP contribution in [0.1, 0.15) is 24.4 Å². The van der Waals surface area contributed by atoms with Crippen LogP contribution in [-0.2, 0) is 4.79 Å². The van der Waals surface area contributed by atoms with Crippen LogP contribution in [0.15, 0.2) is 53.6 Å². The van der Waals surface area contributed by atoms with Crippen LogP contribution in [0.4, 0.5) is 37.3 Å². The molecular formula is C32H36F2N6O5. The molecular weight excluding hydrogens is 586 g/mol. The topological polar surface area (TPSA) is 124 Å². The number of amides is 1. The Bertz CT molecular complexity index is 1690. The fourth-order valence-electron chi connectivity index (χ4n) is 5.40. The number of aliphatic hydroxyl groups excluding tert-OH is 1. The number of halogens is 2. The second-order valence-electron chi connectivity index (χ2n) is 10.4. The zero-order chi connectivity index (χ0) is 32.2. The van der Waals surface area contributed by atoms with Gasteiger partial charge >= 0.3 is 0 Å². The van der Waals surface area contributed by atoms with Gasteiger partial charge in [0.15, 0.2) is 34.5 Å². The minimum atomic E-state index is -1.85. The number of carbonyl (C=O) groups is 1. The third kappa shape index (κ3) is 6.22. The first-order chi connectivity index (χ1) is 21.7. The first-order valence-corrected chi connectivity index (χ1v) is 14.4. The summed E-state index contributed by atoms with van der Waals surface area (Å²) in [4.78, 5) is 21.4. The molecule has 1 unspecified atom stereocenters. The van der Waals surface area contributed by atoms with E-state index in [1.165, 1.54) is 26.5 Å². The van der Waals surface area contributed by atoms with Gasteiger partial charge in [-0.25, -0.2) is 13.8 Å². The quantitative estimate of drug-likeness (QED) is 0.165. The fraction of sp³-hybridized carbons (Fsp3) is 0.312. The zero-order valence-electron chi connectivity index (χ0n) is 25.5. The van der Waals surface area contributed by atoms with Crippen LogP contribution in [0.25, 0.3) is 11.0 Å². The van der Waals surface area contributed by atoms with Crippen molar-refractivity contribution in [3.63, 3.8) is 0 Å². The number of carbonyl (C=O) groups excluding carboxylic acids is 1. The molecule has 13 heteroatoms. The van der Waals surface area contributed by atoms with E-state index in [-0.39, 0.29) is 28.7 Å². The molecule has 0 bridgehead atoms. The maximum absolute atomic E-state index is 15.2. The highest BCUT2D eigenvalue weighted by Gasteiger charge is 2.31. The van der Waals surface area contributed by atoms with Crippen molar-refractivity contribution in [3.05, 3.63) is 72.1 Å². The summed E-state index contributed by atoms with van der Waals surface area (Å²) in [5.41, 5.74) is 1.95. The number of hydrogen-bond acceptors (Lipinski definition) is 10. The second kappa shape index (κ2) is 13.4. The number of ether oxygens (including phenoxy) is 2. The Labute approximate surface area is 259 Å². The monoisotopic (exact) mass is 622 g/mol. The third-order valence-electron chi connectivity index (χ3n) is 7.88. The van der Waals surface area contributed by atoms with Crippen molar-refractivity contribution in [1.82, 2.24) is 9.88 Å². The molecule has 3 heterocycles. The normalized spacial score (nSPS) is 14.2. The van der Waals surface area contributed by atoms with Crippen LogP contribution in [0.5, 0.6) is 11.5 Å². The summed E-state index contributed by atoms with van der Waals surface area (Å²) in [6, 6.07) is 8.46. The lowest BCUT2D eigenvalue weighted by atomic mass is 10.0. The average Bonchev–Trinajstić information content (AvgIpc) is 3.43. The van der Waals surface area contributed by atoms with E-state index in [9.17, 15) is 9.90 Å². The van der Waals surface area contributed by atoms with E-state index in [2.05, 4.69) is 44.2 Å². The number of aromatic nitrogens is 1. The predicted octanol–water partition coefficient (Wildman–Crippen LogP) is 5.26. The van der Waals surface area contributed by atoms with Crippen LogP contribution in [0, 0.1) is 11.6 Å². The number of benzene rings is 2. The highest BCUT2D eigenvalue weighted by atomic mass is 19.1. The molecule has 0 spiro atoms. The van der Waals surface area contributed by atoms with Gasteiger partial charge in [0.1, 0.15) is 11.9 Å². The molecule has 1 saturated heterocycles. The molecule has 0 saturated carbocycles. The number of nitrogens with one attached hydrogen (secondary N) is 3. The molecule has 0 radical (unpaired) electrons. The van der Waals surface area contributed by atoms with Crippen molar-refractivity contribution in [3.8, 4) is 11.5 Å². The number of furan rings is 1. The molecule has 238 valence electrons. The van der Waals surface area contributed by atoms with Gasteiger partial charge in [-0.2, -0.15) is 0 Å². The van der Waals surface area contributed by atoms with E-state index in [1.807, 2.05) is 18.2 Å². The number of aliphatic hydroxyl groups is 1. The number of hydrogen-bond donors (Lipinski definition) is 4. The number of likely N-dealkylation sites (N-methyl/N-ethyl adjacent to an activating group) is 1. The molecule has 2 aromatic carbocycles. The summed E-state index contributed by atoms with van der Waals surface area (Å²) < 4.78 is 46.3. The summed E-state index contributed by atoms with van der Waals surface area (Å²) in [6.45, 7) is 10.4. The van der Waals surface area contributed by atoms with Crippen molar-refractivity contribution in [2.45, 2.75) is 13.0 Å². The standard InChI is InChI=1S/C32H36F2N6O5/c1-6-26(41)38-21-14-18(40-12-10-39(7-2)11-13-40)8-9-20(21)37-25-15-19-24(17-36-25)45-32(30(19)35-3)31(42)27-28(33)22(43-4)16-23(44-5)29(27)34/h6,8-9,14-17,31,35,42H,1,7,10-13H2,2-5H3,(H,36,37)(H,38,41). The molecule has 0 aliphatic carbocycles. The molecule has 11 nitrogen and oxygen atoms in total. The number of methoxy groups -OCH3 is 2. The zero-order valence-corrected chi connectivity index (χ0v) is 25.5. The number of anilines is 5. The second-order valence-corrected chi connectivity index (χ2v) is 10.4. The molecule has 4 N–H and O–H groups in total. The van der Waals surface area contributed by atoms with Crippen molar-refractivity contribution in [2.24, 2.45) is 0 Å². The third-order valence-corrected chi connectivity index (χ3v) is 7.88. The lowest BCUT2D eigenvalue weighted by molar-refractivity contribution is -0.111. The summed E-state index contributed by atoms with van der Waals surface area (Å²) >= 11 is 0. The van der Waals surface area contributed by atoms with Gasteiger partial charge in [-0.3, -0.25) is 4.79 Å². The molecule has 1 aliphatic rings. The molecule has 2 aromatic heterocycles. The number of fused-ring (bicyclic) bond motifs is 1. The molecule has 4 aromatic rings. The van der Waals surface area contributed by atoms with Gasteiger partial charge in [0.25, 0.3) is 0 Å². The van der Waals surface area contributed by atoms with Gasteiger partial charge in [0.05, 0.1) is 43.0 Å². The minimum Gasteiger partial charge on any atom is -0.494 e. The summed E-state index contributed by atoms with van der Waals surface area (Å²) in [7, 11) is 4.04. The Hall–Kier alpha value is -4.88. The number of rotatable bonds is 11. The Kier molecular flexibility index (Phi) is 9.40. The van der Waals surface area contributed by atoms with E-state index < -0.39 is 23.3 Å². The highest BCUT2D eigenvalue weighted by molar-refractivity contribution is 6.02. The van der Waals surface area contributed by atoms with Crippen molar-refractivity contribution < 1.29 is 32.6 Å². The molecule has 5 rings (SSSR count). The molecule has 1 fully saturated rings. The summed E-state index contributed by atoms with van der Waals surface area (Å²) in [6.07, 6.45) is 0.770. The van der Waals surface area contributed by atoms with E-state index in [4.69, 9.17) is 13.9 Å². The Morgan fingerprint density at radius 2 is 1.80 bits per heavy atom. The van der Waals surface area contributed by atoms with Crippen molar-refractivity contribution >= 4 is 45.4 Å². The SMILES string of the molecule is C=CC(=O)Nc1cc(N2CCN(CC)CC2)ccc1Nc1cc2c(NC)c(C(O)c3c(F)c(OC)cc(OC)c3F)oc2cn1. The largest absolute Gasteiger partial charge is 0.494 e. The molecule has 45 heavy (non-hydrogen) atoms. The minimum absolute atomic E-state index is 0.133. The average molecular weight is 623 g/mol. The van der Waals surface area contributed by atoms with Crippen LogP contribution in [0.3, 0.4) is 0 Å². The van der Waals surface area contributed by atoms with Crippen LogP contribution in [0.2, 0.25) is 0 Å². The van der Waals surface area contributed by atoms with Gasteiger partial charge in [0.2, 0.25) is 5.91 Å². The van der Waals surface area contributed by atoms with Crippen molar-refractivity contribution in [1.29, 1.82) is 0 Å². The highest BCUT2D eigenvalue weighted by Crippen LogP contribution is 2.43. The van der Waals surface area contributed by atoms with Crippen molar-refractivity contribution in [2.75, 3.05) is 74.8 Å². The number of pyridine rings is 1. The van der Waals surface area contributed by atoms with Gasteiger partial charge in [0, 0.05) is 50.4 Å². The lowest BCUT2D eigenvalue weighted by Gasteiger charge is -2.35. The number of piperazine rings is 1. The Morgan fingerprint density at radius 3 is 2.40 bits per heavy atom. The van der Waals surface area contributed by atoms with Gasteiger partial charge in [-0.1, -0.05) is 13.5 Å². The van der Waals surface area contributed by atoms with E-state index in [0.717, 1.165) is 44.5 Å². The van der Waals surface area contributed by atoms with E-state index in [0.29, 0.717) is 28.3 Å². The number of nitrogens with zero attached hydrogens (tertiary/aromatic N) is 3. The van der Waals surface area contributed by atoms with Crippen LogP contribution < -0.4 is 30.3 Å². The fourth-order valence-corrected chi connectivity index (χ4v) is 5.40. The maximum Gasteiger partial charge on any atom is 0.247 e. The smallest absolute Gasteiger partial charge is 0.247 e. The first kappa shape index (κ1) is 31.5. The van der Waals surface area contributed by atoms with Gasteiger partial charge in [-0.15, -0.1) is 0 Å². The maximum atomic E-state index is 15.2. The molecule has 1 aliphatic heterocycles. The lowest BCUT2D eigenvalue weighted by Crippen LogP contribution is -2.46. The predicted molar refractivity (Wildman–Crippen MR) is 170 cm³/mol.